The van der Waals surface area contributed by atoms with Crippen LogP contribution in [0.25, 0.3) is 0 Å². The molecule has 1 atom stereocenters. The number of H-pyrrole nitrogens is 1. The van der Waals surface area contributed by atoms with Crippen molar-refractivity contribution in [3.63, 3.8) is 0 Å². The van der Waals surface area contributed by atoms with Gasteiger partial charge in [0, 0.05) is 37.3 Å². The molecule has 2 saturated heterocycles. The zero-order valence-electron chi connectivity index (χ0n) is 11.9. The lowest BCUT2D eigenvalue weighted by molar-refractivity contribution is -0.00633. The Kier molecular flexibility index (Phi) is 3.76. The Morgan fingerprint density at radius 2 is 2.30 bits per heavy atom. The minimum Gasteiger partial charge on any atom is -0.477 e. The van der Waals surface area contributed by atoms with E-state index in [-0.39, 0.29) is 5.69 Å². The minimum absolute atomic E-state index is 0.222. The summed E-state index contributed by atoms with van der Waals surface area (Å²) >= 11 is 0. The van der Waals surface area contributed by atoms with Crippen LogP contribution in [0, 0.1) is 0 Å². The van der Waals surface area contributed by atoms with E-state index in [2.05, 4.69) is 26.9 Å². The van der Waals surface area contributed by atoms with Gasteiger partial charge in [-0.05, 0) is 26.3 Å². The molecule has 0 aromatic carbocycles. The van der Waals surface area contributed by atoms with Crippen molar-refractivity contribution in [3.8, 4) is 0 Å². The number of aromatic amines is 1. The summed E-state index contributed by atoms with van der Waals surface area (Å²) in [6.07, 6.45) is 5.60. The maximum atomic E-state index is 11.0. The lowest BCUT2D eigenvalue weighted by Crippen LogP contribution is -2.61. The maximum absolute atomic E-state index is 11.0. The molecular formula is C14H22N4O2. The first kappa shape index (κ1) is 13.6. The van der Waals surface area contributed by atoms with E-state index in [4.69, 9.17) is 5.11 Å². The molecule has 2 N–H and O–H groups in total. The number of piperidine rings is 1. The molecule has 2 fully saturated rings. The number of aromatic carboxylic acids is 1. The number of likely N-dealkylation sites (tertiary alicyclic amines) is 2. The lowest BCUT2D eigenvalue weighted by atomic mass is 9.97. The predicted octanol–water partition coefficient (Wildman–Crippen LogP) is 1.17. The Bertz CT molecular complexity index is 481. The summed E-state index contributed by atoms with van der Waals surface area (Å²) in [5.74, 6) is -0.931. The van der Waals surface area contributed by atoms with Crippen LogP contribution in [0.5, 0.6) is 0 Å². The van der Waals surface area contributed by atoms with E-state index in [1.807, 2.05) is 0 Å². The molecule has 2 aliphatic rings. The molecule has 110 valence electrons. The fourth-order valence-electron chi connectivity index (χ4n) is 3.40. The molecule has 2 aliphatic heterocycles. The molecule has 6 heteroatoms. The van der Waals surface area contributed by atoms with Gasteiger partial charge >= 0.3 is 5.97 Å². The predicted molar refractivity (Wildman–Crippen MR) is 74.6 cm³/mol. The van der Waals surface area contributed by atoms with Gasteiger partial charge in [-0.15, -0.1) is 0 Å². The van der Waals surface area contributed by atoms with Gasteiger partial charge in [0.25, 0.3) is 0 Å². The summed E-state index contributed by atoms with van der Waals surface area (Å²) in [6.45, 7) is 6.28. The Hall–Kier alpha value is -1.40. The number of nitrogens with zero attached hydrogens (tertiary/aromatic N) is 3. The Morgan fingerprint density at radius 1 is 1.50 bits per heavy atom. The molecule has 6 nitrogen and oxygen atoms in total. The quantitative estimate of drug-likeness (QED) is 0.865. The molecule has 0 saturated carbocycles. The van der Waals surface area contributed by atoms with Crippen LogP contribution in [-0.4, -0.2) is 62.8 Å². The van der Waals surface area contributed by atoms with E-state index in [1.54, 1.807) is 6.20 Å². The van der Waals surface area contributed by atoms with Crippen LogP contribution in [0.15, 0.2) is 6.20 Å². The fourth-order valence-corrected chi connectivity index (χ4v) is 3.40. The highest BCUT2D eigenvalue weighted by atomic mass is 16.4. The highest BCUT2D eigenvalue weighted by molar-refractivity contribution is 5.86. The third-order valence-electron chi connectivity index (χ3n) is 4.59. The number of carboxylic acid groups (broad SMARTS) is 1. The van der Waals surface area contributed by atoms with Gasteiger partial charge in [0.05, 0.1) is 6.20 Å². The van der Waals surface area contributed by atoms with Gasteiger partial charge < -0.3 is 5.11 Å². The number of nitrogens with one attached hydrogen (secondary N) is 1. The lowest BCUT2D eigenvalue weighted by Gasteiger charge is -2.49. The average Bonchev–Trinajstić information content (AvgIpc) is 2.83. The first-order chi connectivity index (χ1) is 9.65. The van der Waals surface area contributed by atoms with Crippen LogP contribution in [0.1, 0.15) is 42.2 Å². The van der Waals surface area contributed by atoms with Gasteiger partial charge in [-0.25, -0.2) is 4.79 Å². The SMILES string of the molecule is C[C@@H]1CCCCN1C1CN(Cc2cn[nH]c2C(=O)O)C1. The summed E-state index contributed by atoms with van der Waals surface area (Å²) in [5, 5.41) is 15.4. The second-order valence-corrected chi connectivity index (χ2v) is 6.01. The van der Waals surface area contributed by atoms with Gasteiger partial charge in [-0.2, -0.15) is 5.10 Å². The van der Waals surface area contributed by atoms with Gasteiger partial charge in [0.1, 0.15) is 5.69 Å². The van der Waals surface area contributed by atoms with Gasteiger partial charge in [0.15, 0.2) is 0 Å². The van der Waals surface area contributed by atoms with Crippen molar-refractivity contribution in [3.05, 3.63) is 17.5 Å². The number of carbonyl (C=O) groups is 1. The molecular weight excluding hydrogens is 256 g/mol. The number of hydrogen-bond acceptors (Lipinski definition) is 4. The number of aromatic nitrogens is 2. The van der Waals surface area contributed by atoms with Crippen LogP contribution in [0.4, 0.5) is 0 Å². The smallest absolute Gasteiger partial charge is 0.354 e. The molecule has 1 aromatic heterocycles. The summed E-state index contributed by atoms with van der Waals surface area (Å²) in [5.41, 5.74) is 1.00. The first-order valence-electron chi connectivity index (χ1n) is 7.39. The molecule has 0 bridgehead atoms. The summed E-state index contributed by atoms with van der Waals surface area (Å²) in [4.78, 5) is 15.9. The molecule has 0 radical (unpaired) electrons. The van der Waals surface area contributed by atoms with E-state index in [1.165, 1.54) is 25.8 Å². The summed E-state index contributed by atoms with van der Waals surface area (Å²) < 4.78 is 0. The Morgan fingerprint density at radius 3 is 3.00 bits per heavy atom. The monoisotopic (exact) mass is 278 g/mol. The molecule has 3 rings (SSSR count). The number of rotatable bonds is 4. The van der Waals surface area contributed by atoms with Gasteiger partial charge in [-0.3, -0.25) is 14.9 Å². The first-order valence-corrected chi connectivity index (χ1v) is 7.39. The van der Waals surface area contributed by atoms with E-state index in [9.17, 15) is 4.79 Å². The largest absolute Gasteiger partial charge is 0.477 e. The molecule has 20 heavy (non-hydrogen) atoms. The second-order valence-electron chi connectivity index (χ2n) is 6.01. The number of hydrogen-bond donors (Lipinski definition) is 2. The fraction of sp³-hybridized carbons (Fsp3) is 0.714. The van der Waals surface area contributed by atoms with Crippen LogP contribution in [0.3, 0.4) is 0 Å². The Labute approximate surface area is 118 Å². The van der Waals surface area contributed by atoms with Crippen molar-refractivity contribution < 1.29 is 9.90 Å². The Balaban J connectivity index is 1.53. The second kappa shape index (κ2) is 5.54. The van der Waals surface area contributed by atoms with Crippen molar-refractivity contribution in [2.24, 2.45) is 0 Å². The van der Waals surface area contributed by atoms with Crippen LogP contribution in [0.2, 0.25) is 0 Å². The van der Waals surface area contributed by atoms with Gasteiger partial charge in [0.2, 0.25) is 0 Å². The van der Waals surface area contributed by atoms with Crippen molar-refractivity contribution in [2.75, 3.05) is 19.6 Å². The van der Waals surface area contributed by atoms with Crippen molar-refractivity contribution in [1.82, 2.24) is 20.0 Å². The summed E-state index contributed by atoms with van der Waals surface area (Å²) in [6, 6.07) is 1.34. The normalized spacial score (nSPS) is 25.6. The topological polar surface area (TPSA) is 72.5 Å². The zero-order valence-corrected chi connectivity index (χ0v) is 11.9. The molecule has 0 aliphatic carbocycles. The van der Waals surface area contributed by atoms with Crippen molar-refractivity contribution in [2.45, 2.75) is 44.8 Å². The van der Waals surface area contributed by atoms with Gasteiger partial charge in [-0.1, -0.05) is 6.42 Å². The molecule has 0 spiro atoms. The van der Waals surface area contributed by atoms with E-state index < -0.39 is 5.97 Å². The minimum atomic E-state index is -0.931. The van der Waals surface area contributed by atoms with E-state index in [0.717, 1.165) is 18.7 Å². The molecule has 1 aromatic rings. The van der Waals surface area contributed by atoms with E-state index in [0.29, 0.717) is 18.6 Å². The third-order valence-corrected chi connectivity index (χ3v) is 4.59. The molecule has 3 heterocycles. The standard InChI is InChI=1S/C14H22N4O2/c1-10-4-2-3-5-18(10)12-8-17(9-12)7-11-6-15-16-13(11)14(19)20/h6,10,12H,2-5,7-9H2,1H3,(H,15,16)(H,19,20)/t10-/m1/s1. The van der Waals surface area contributed by atoms with Crippen LogP contribution < -0.4 is 0 Å². The van der Waals surface area contributed by atoms with Crippen LogP contribution in [-0.2, 0) is 6.54 Å². The maximum Gasteiger partial charge on any atom is 0.354 e. The summed E-state index contributed by atoms with van der Waals surface area (Å²) in [7, 11) is 0. The van der Waals surface area contributed by atoms with Crippen molar-refractivity contribution >= 4 is 5.97 Å². The van der Waals surface area contributed by atoms with Crippen LogP contribution >= 0.6 is 0 Å². The highest BCUT2D eigenvalue weighted by Crippen LogP contribution is 2.25. The average molecular weight is 278 g/mol. The third kappa shape index (κ3) is 2.58. The molecule has 0 unspecified atom stereocenters. The van der Waals surface area contributed by atoms with E-state index >= 15 is 0 Å². The highest BCUT2D eigenvalue weighted by Gasteiger charge is 2.35. The molecule has 0 amide bonds. The number of carboxylic acids is 1. The zero-order chi connectivity index (χ0) is 14.1. The van der Waals surface area contributed by atoms with Crippen molar-refractivity contribution in [1.29, 1.82) is 0 Å².